The highest BCUT2D eigenvalue weighted by molar-refractivity contribution is 5.12. The Hall–Kier alpha value is -2.41. The van der Waals surface area contributed by atoms with Gasteiger partial charge in [0.15, 0.2) is 0 Å². The highest BCUT2D eigenvalue weighted by Crippen LogP contribution is 2.27. The van der Waals surface area contributed by atoms with Crippen LogP contribution in [0, 0.1) is 0 Å². The van der Waals surface area contributed by atoms with Gasteiger partial charge in [-0.1, -0.05) is 0 Å². The smallest absolute Gasteiger partial charge is 0.137 e. The summed E-state index contributed by atoms with van der Waals surface area (Å²) < 4.78 is 9.58. The van der Waals surface area contributed by atoms with Crippen molar-refractivity contribution in [3.05, 3.63) is 54.5 Å². The maximum absolute atomic E-state index is 5.46. The van der Waals surface area contributed by atoms with Crippen molar-refractivity contribution < 1.29 is 4.42 Å². The molecule has 0 saturated carbocycles. The van der Waals surface area contributed by atoms with Crippen molar-refractivity contribution in [2.75, 3.05) is 6.54 Å². The van der Waals surface area contributed by atoms with Gasteiger partial charge in [0, 0.05) is 13.1 Å². The number of furan rings is 1. The molecule has 0 saturated heterocycles. The molecular formula is C15H18N6O. The first kappa shape index (κ1) is 13.3. The molecule has 0 unspecified atom stereocenters. The van der Waals surface area contributed by atoms with E-state index in [-0.39, 0.29) is 6.04 Å². The molecule has 3 aromatic rings. The van der Waals surface area contributed by atoms with E-state index in [0.29, 0.717) is 6.54 Å². The fourth-order valence-electron chi connectivity index (χ4n) is 3.03. The quantitative estimate of drug-likeness (QED) is 0.733. The van der Waals surface area contributed by atoms with Crippen LogP contribution in [0.25, 0.3) is 0 Å². The lowest BCUT2D eigenvalue weighted by atomic mass is 10.2. The Morgan fingerprint density at radius 1 is 1.32 bits per heavy atom. The zero-order valence-corrected chi connectivity index (χ0v) is 12.5. The minimum atomic E-state index is 0.267. The molecule has 0 fully saturated rings. The second-order valence-electron chi connectivity index (χ2n) is 5.58. The van der Waals surface area contributed by atoms with Gasteiger partial charge in [0.25, 0.3) is 0 Å². The van der Waals surface area contributed by atoms with E-state index < -0.39 is 0 Å². The van der Waals surface area contributed by atoms with Gasteiger partial charge in [0.1, 0.15) is 24.2 Å². The third-order valence-electron chi connectivity index (χ3n) is 4.23. The van der Waals surface area contributed by atoms with Crippen molar-refractivity contribution in [3.63, 3.8) is 0 Å². The summed E-state index contributed by atoms with van der Waals surface area (Å²) in [4.78, 5) is 11.0. The summed E-state index contributed by atoms with van der Waals surface area (Å²) in [5.74, 6) is 2.10. The van der Waals surface area contributed by atoms with E-state index in [1.807, 2.05) is 23.0 Å². The first-order valence-corrected chi connectivity index (χ1v) is 7.44. The predicted molar refractivity (Wildman–Crippen MR) is 78.9 cm³/mol. The average Bonchev–Trinajstić information content (AvgIpc) is 3.25. The lowest BCUT2D eigenvalue weighted by Gasteiger charge is -2.33. The molecule has 22 heavy (non-hydrogen) atoms. The Balaban J connectivity index is 1.54. The maximum Gasteiger partial charge on any atom is 0.137 e. The zero-order valence-electron chi connectivity index (χ0n) is 12.5. The summed E-state index contributed by atoms with van der Waals surface area (Å²) >= 11 is 0. The second kappa shape index (κ2) is 5.42. The van der Waals surface area contributed by atoms with Crippen LogP contribution < -0.4 is 0 Å². The van der Waals surface area contributed by atoms with Crippen molar-refractivity contribution >= 4 is 0 Å². The van der Waals surface area contributed by atoms with Gasteiger partial charge in [-0.3, -0.25) is 4.90 Å². The van der Waals surface area contributed by atoms with Gasteiger partial charge in [-0.15, -0.1) is 0 Å². The molecule has 1 aliphatic heterocycles. The second-order valence-corrected chi connectivity index (χ2v) is 5.58. The standard InChI is InChI=1S/C15H18N6O/c1-12-15-17-7-13(8-20-11-16-10-18-20)21(15)5-4-19(12)9-14-3-2-6-22-14/h2-3,6-7,10-12H,4-5,8-9H2,1H3/t12-/m0/s1. The van der Waals surface area contributed by atoms with E-state index >= 15 is 0 Å². The van der Waals surface area contributed by atoms with Crippen molar-refractivity contribution in [2.45, 2.75) is 32.6 Å². The third-order valence-corrected chi connectivity index (χ3v) is 4.23. The van der Waals surface area contributed by atoms with Crippen molar-refractivity contribution in [3.8, 4) is 0 Å². The first-order chi connectivity index (χ1) is 10.8. The fraction of sp³-hybridized carbons (Fsp3) is 0.400. The van der Waals surface area contributed by atoms with Crippen LogP contribution >= 0.6 is 0 Å². The van der Waals surface area contributed by atoms with E-state index in [1.54, 1.807) is 18.9 Å². The van der Waals surface area contributed by atoms with Crippen LogP contribution in [-0.2, 0) is 19.6 Å². The van der Waals surface area contributed by atoms with Gasteiger partial charge < -0.3 is 8.98 Å². The van der Waals surface area contributed by atoms with Crippen LogP contribution in [-0.4, -0.2) is 35.8 Å². The molecule has 0 spiro atoms. The third kappa shape index (κ3) is 2.33. The minimum absolute atomic E-state index is 0.267. The summed E-state index contributed by atoms with van der Waals surface area (Å²) in [5.41, 5.74) is 1.17. The van der Waals surface area contributed by atoms with E-state index in [1.165, 1.54) is 5.69 Å². The maximum atomic E-state index is 5.46. The number of nitrogens with zero attached hydrogens (tertiary/aromatic N) is 6. The summed E-state index contributed by atoms with van der Waals surface area (Å²) in [6.07, 6.45) is 6.96. The highest BCUT2D eigenvalue weighted by atomic mass is 16.3. The Labute approximate surface area is 128 Å². The Morgan fingerprint density at radius 3 is 3.05 bits per heavy atom. The zero-order chi connectivity index (χ0) is 14.9. The molecule has 114 valence electrons. The Bertz CT molecular complexity index is 730. The fourth-order valence-corrected chi connectivity index (χ4v) is 3.03. The molecule has 7 heteroatoms. The van der Waals surface area contributed by atoms with Gasteiger partial charge in [0.2, 0.25) is 0 Å². The number of aromatic nitrogens is 5. The molecule has 7 nitrogen and oxygen atoms in total. The van der Waals surface area contributed by atoms with Crippen molar-refractivity contribution in [2.24, 2.45) is 0 Å². The van der Waals surface area contributed by atoms with Gasteiger partial charge >= 0.3 is 0 Å². The minimum Gasteiger partial charge on any atom is -0.468 e. The molecule has 0 aliphatic carbocycles. The monoisotopic (exact) mass is 298 g/mol. The highest BCUT2D eigenvalue weighted by Gasteiger charge is 2.27. The number of fused-ring (bicyclic) bond motifs is 1. The first-order valence-electron chi connectivity index (χ1n) is 7.44. The average molecular weight is 298 g/mol. The summed E-state index contributed by atoms with van der Waals surface area (Å²) in [7, 11) is 0. The molecular weight excluding hydrogens is 280 g/mol. The largest absolute Gasteiger partial charge is 0.468 e. The van der Waals surface area contributed by atoms with Crippen LogP contribution in [0.15, 0.2) is 41.7 Å². The lowest BCUT2D eigenvalue weighted by molar-refractivity contribution is 0.144. The van der Waals surface area contributed by atoms with Crippen LogP contribution in [0.4, 0.5) is 0 Å². The van der Waals surface area contributed by atoms with Crippen LogP contribution in [0.5, 0.6) is 0 Å². The van der Waals surface area contributed by atoms with Crippen LogP contribution in [0.2, 0.25) is 0 Å². The molecule has 3 aromatic heterocycles. The van der Waals surface area contributed by atoms with E-state index in [2.05, 4.69) is 31.5 Å². The van der Waals surface area contributed by atoms with Crippen LogP contribution in [0.1, 0.15) is 30.2 Å². The van der Waals surface area contributed by atoms with E-state index in [0.717, 1.165) is 31.2 Å². The lowest BCUT2D eigenvalue weighted by Crippen LogP contribution is -2.37. The number of hydrogen-bond acceptors (Lipinski definition) is 5. The topological polar surface area (TPSA) is 64.9 Å². The van der Waals surface area contributed by atoms with Gasteiger partial charge in [-0.05, 0) is 19.1 Å². The molecule has 4 heterocycles. The van der Waals surface area contributed by atoms with E-state index in [9.17, 15) is 0 Å². The molecule has 0 N–H and O–H groups in total. The van der Waals surface area contributed by atoms with Crippen molar-refractivity contribution in [1.29, 1.82) is 0 Å². The summed E-state index contributed by atoms with van der Waals surface area (Å²) in [6, 6.07) is 4.22. The number of hydrogen-bond donors (Lipinski definition) is 0. The van der Waals surface area contributed by atoms with Gasteiger partial charge in [-0.2, -0.15) is 5.10 Å². The molecule has 1 atom stereocenters. The van der Waals surface area contributed by atoms with Gasteiger partial charge in [-0.25, -0.2) is 14.6 Å². The van der Waals surface area contributed by atoms with E-state index in [4.69, 9.17) is 4.42 Å². The SMILES string of the molecule is C[C@H]1c2ncc(Cn3cncn3)n2CCN1Cc1ccco1. The van der Waals surface area contributed by atoms with Crippen molar-refractivity contribution in [1.82, 2.24) is 29.2 Å². The predicted octanol–water partition coefficient (Wildman–Crippen LogP) is 1.69. The Kier molecular flexibility index (Phi) is 3.27. The van der Waals surface area contributed by atoms with Gasteiger partial charge in [0.05, 0.1) is 37.3 Å². The molecule has 0 aromatic carbocycles. The summed E-state index contributed by atoms with van der Waals surface area (Å²) in [6.45, 7) is 5.64. The summed E-state index contributed by atoms with van der Waals surface area (Å²) in [5, 5.41) is 4.17. The number of imidazole rings is 1. The molecule has 1 aliphatic rings. The molecule has 0 radical (unpaired) electrons. The molecule has 4 rings (SSSR count). The van der Waals surface area contributed by atoms with Crippen LogP contribution in [0.3, 0.4) is 0 Å². The Morgan fingerprint density at radius 2 is 2.27 bits per heavy atom. The number of rotatable bonds is 4. The normalized spacial score (nSPS) is 18.5. The molecule has 0 amide bonds. The molecule has 0 bridgehead atoms.